The number of para-hydroxylation sites is 1. The molecular formula is C24H21Cl2N3OS. The Labute approximate surface area is 196 Å². The zero-order chi connectivity index (χ0) is 22.1. The van der Waals surface area contributed by atoms with E-state index in [2.05, 4.69) is 66.0 Å². The number of nitrogens with zero attached hydrogens (tertiary/aromatic N) is 2. The van der Waals surface area contributed by atoms with Gasteiger partial charge in [0, 0.05) is 17.1 Å². The van der Waals surface area contributed by atoms with Crippen molar-refractivity contribution in [3.8, 4) is 5.69 Å². The number of nitrogens with one attached hydrogen (secondary N) is 1. The minimum atomic E-state index is -0.180. The Morgan fingerprint density at radius 1 is 1.13 bits per heavy atom. The van der Waals surface area contributed by atoms with Gasteiger partial charge in [-0.05, 0) is 73.5 Å². The molecule has 0 aliphatic carbocycles. The Bertz CT molecular complexity index is 1240. The van der Waals surface area contributed by atoms with Crippen molar-refractivity contribution in [3.05, 3.63) is 86.0 Å². The molecule has 0 spiro atoms. The van der Waals surface area contributed by atoms with Gasteiger partial charge in [-0.15, -0.1) is 0 Å². The van der Waals surface area contributed by atoms with Gasteiger partial charge >= 0.3 is 0 Å². The third-order valence-electron chi connectivity index (χ3n) is 5.17. The SMILES string of the molecule is CCc1ccccc1-n1c(C)cc(/C=C2\SC(=Nc3cccc(Cl)c3Cl)NC2=O)c1C. The van der Waals surface area contributed by atoms with E-state index < -0.39 is 0 Å². The molecule has 1 saturated heterocycles. The molecule has 1 aliphatic heterocycles. The summed E-state index contributed by atoms with van der Waals surface area (Å²) in [4.78, 5) is 17.6. The number of amidine groups is 1. The quantitative estimate of drug-likeness (QED) is 0.424. The first-order valence-electron chi connectivity index (χ1n) is 9.90. The van der Waals surface area contributed by atoms with Gasteiger partial charge in [-0.3, -0.25) is 4.79 Å². The largest absolute Gasteiger partial charge is 0.318 e. The van der Waals surface area contributed by atoms with Crippen LogP contribution < -0.4 is 5.32 Å². The zero-order valence-electron chi connectivity index (χ0n) is 17.4. The maximum atomic E-state index is 12.6. The van der Waals surface area contributed by atoms with E-state index in [0.29, 0.717) is 25.8 Å². The van der Waals surface area contributed by atoms with Crippen LogP contribution in [0.15, 0.2) is 58.4 Å². The van der Waals surface area contributed by atoms with Gasteiger partial charge in [0.1, 0.15) is 0 Å². The molecule has 4 rings (SSSR count). The van der Waals surface area contributed by atoms with Crippen molar-refractivity contribution in [3.63, 3.8) is 0 Å². The van der Waals surface area contributed by atoms with E-state index in [1.165, 1.54) is 23.0 Å². The molecule has 2 aromatic carbocycles. The molecule has 7 heteroatoms. The number of aromatic nitrogens is 1. The predicted molar refractivity (Wildman–Crippen MR) is 132 cm³/mol. The van der Waals surface area contributed by atoms with Crippen molar-refractivity contribution in [1.29, 1.82) is 0 Å². The fraction of sp³-hybridized carbons (Fsp3) is 0.167. The van der Waals surface area contributed by atoms with Crippen LogP contribution >= 0.6 is 35.0 Å². The third-order valence-corrected chi connectivity index (χ3v) is 6.89. The van der Waals surface area contributed by atoms with E-state index in [4.69, 9.17) is 23.2 Å². The van der Waals surface area contributed by atoms with Gasteiger partial charge in [-0.2, -0.15) is 0 Å². The molecule has 2 heterocycles. The molecule has 1 amide bonds. The number of aliphatic imine (C=N–C) groups is 1. The Morgan fingerprint density at radius 3 is 2.68 bits per heavy atom. The van der Waals surface area contributed by atoms with Gasteiger partial charge < -0.3 is 9.88 Å². The smallest absolute Gasteiger partial charge is 0.264 e. The summed E-state index contributed by atoms with van der Waals surface area (Å²) in [6, 6.07) is 15.7. The van der Waals surface area contributed by atoms with Crippen molar-refractivity contribution in [2.24, 2.45) is 4.99 Å². The van der Waals surface area contributed by atoms with Gasteiger partial charge in [-0.1, -0.05) is 54.4 Å². The second kappa shape index (κ2) is 8.95. The van der Waals surface area contributed by atoms with E-state index in [0.717, 1.165) is 23.4 Å². The molecule has 0 radical (unpaired) electrons. The van der Waals surface area contributed by atoms with Crippen LogP contribution in [0.2, 0.25) is 10.0 Å². The Kier molecular flexibility index (Phi) is 6.28. The molecule has 1 fully saturated rings. The second-order valence-corrected chi connectivity index (χ2v) is 9.01. The molecule has 1 aliphatic rings. The first-order valence-corrected chi connectivity index (χ1v) is 11.5. The highest BCUT2D eigenvalue weighted by atomic mass is 35.5. The Hall–Kier alpha value is -2.47. The lowest BCUT2D eigenvalue weighted by Crippen LogP contribution is -2.19. The fourth-order valence-corrected chi connectivity index (χ4v) is 4.81. The number of carbonyl (C=O) groups excluding carboxylic acids is 1. The molecule has 0 unspecified atom stereocenters. The average Bonchev–Trinajstić information content (AvgIpc) is 3.23. The van der Waals surface area contributed by atoms with E-state index in [9.17, 15) is 4.79 Å². The summed E-state index contributed by atoms with van der Waals surface area (Å²) in [5.41, 5.74) is 6.18. The highest BCUT2D eigenvalue weighted by Crippen LogP contribution is 2.35. The number of benzene rings is 2. The standard InChI is InChI=1S/C24H21Cl2N3OS/c1-4-16-8-5-6-11-20(16)29-14(2)12-17(15(29)3)13-21-23(30)28-24(31-21)27-19-10-7-9-18(25)22(19)26/h5-13H,4H2,1-3H3,(H,27,28,30)/b21-13-. The number of rotatable bonds is 4. The van der Waals surface area contributed by atoms with Crippen LogP contribution in [0.5, 0.6) is 0 Å². The van der Waals surface area contributed by atoms with Crippen LogP contribution in [0.3, 0.4) is 0 Å². The molecule has 0 bridgehead atoms. The summed E-state index contributed by atoms with van der Waals surface area (Å²) in [6.45, 7) is 6.31. The van der Waals surface area contributed by atoms with Gasteiger partial charge in [-0.25, -0.2) is 4.99 Å². The molecule has 4 nitrogen and oxygen atoms in total. The first kappa shape index (κ1) is 21.8. The fourth-order valence-electron chi connectivity index (χ4n) is 3.64. The van der Waals surface area contributed by atoms with Crippen LogP contribution in [-0.2, 0) is 11.2 Å². The number of halogens is 2. The van der Waals surface area contributed by atoms with Crippen molar-refractivity contribution in [2.45, 2.75) is 27.2 Å². The lowest BCUT2D eigenvalue weighted by atomic mass is 10.1. The van der Waals surface area contributed by atoms with E-state index in [1.807, 2.05) is 6.08 Å². The van der Waals surface area contributed by atoms with Gasteiger partial charge in [0.2, 0.25) is 0 Å². The highest BCUT2D eigenvalue weighted by Gasteiger charge is 2.25. The van der Waals surface area contributed by atoms with E-state index in [-0.39, 0.29) is 5.91 Å². The lowest BCUT2D eigenvalue weighted by Gasteiger charge is -2.14. The third kappa shape index (κ3) is 4.31. The molecular weight excluding hydrogens is 449 g/mol. The van der Waals surface area contributed by atoms with Crippen LogP contribution in [0, 0.1) is 13.8 Å². The molecule has 1 N–H and O–H groups in total. The second-order valence-electron chi connectivity index (χ2n) is 7.20. The zero-order valence-corrected chi connectivity index (χ0v) is 19.7. The number of hydrogen-bond acceptors (Lipinski definition) is 3. The number of carbonyl (C=O) groups is 1. The number of amides is 1. The maximum absolute atomic E-state index is 12.6. The monoisotopic (exact) mass is 469 g/mol. The normalized spacial score (nSPS) is 16.4. The summed E-state index contributed by atoms with van der Waals surface area (Å²) in [6.07, 6.45) is 2.86. The van der Waals surface area contributed by atoms with Gasteiger partial charge in [0.25, 0.3) is 5.91 Å². The number of hydrogen-bond donors (Lipinski definition) is 1. The van der Waals surface area contributed by atoms with Crippen LogP contribution in [0.25, 0.3) is 11.8 Å². The molecule has 158 valence electrons. The molecule has 1 aromatic heterocycles. The highest BCUT2D eigenvalue weighted by molar-refractivity contribution is 8.18. The van der Waals surface area contributed by atoms with Gasteiger partial charge in [0.15, 0.2) is 5.17 Å². The Balaban J connectivity index is 1.68. The molecule has 0 atom stereocenters. The van der Waals surface area contributed by atoms with Crippen LogP contribution in [0.4, 0.5) is 5.69 Å². The topological polar surface area (TPSA) is 46.4 Å². The predicted octanol–water partition coefficient (Wildman–Crippen LogP) is 6.85. The van der Waals surface area contributed by atoms with E-state index in [1.54, 1.807) is 18.2 Å². The lowest BCUT2D eigenvalue weighted by molar-refractivity contribution is -0.115. The first-order chi connectivity index (χ1) is 14.9. The summed E-state index contributed by atoms with van der Waals surface area (Å²) < 4.78 is 2.24. The minimum absolute atomic E-state index is 0.180. The van der Waals surface area contributed by atoms with Crippen molar-refractivity contribution >= 4 is 57.8 Å². The van der Waals surface area contributed by atoms with Crippen molar-refractivity contribution in [2.75, 3.05) is 0 Å². The Morgan fingerprint density at radius 2 is 1.90 bits per heavy atom. The molecule has 3 aromatic rings. The summed E-state index contributed by atoms with van der Waals surface area (Å²) in [7, 11) is 0. The maximum Gasteiger partial charge on any atom is 0.264 e. The summed E-state index contributed by atoms with van der Waals surface area (Å²) >= 11 is 13.6. The number of thioether (sulfide) groups is 1. The summed E-state index contributed by atoms with van der Waals surface area (Å²) in [5, 5.41) is 4.07. The van der Waals surface area contributed by atoms with Gasteiger partial charge in [0.05, 0.1) is 20.6 Å². The van der Waals surface area contributed by atoms with Crippen LogP contribution in [0.1, 0.15) is 29.4 Å². The average molecular weight is 470 g/mol. The van der Waals surface area contributed by atoms with Crippen molar-refractivity contribution < 1.29 is 4.79 Å². The molecule has 0 saturated carbocycles. The number of aryl methyl sites for hydroxylation is 2. The minimum Gasteiger partial charge on any atom is -0.318 e. The van der Waals surface area contributed by atoms with Crippen LogP contribution in [-0.4, -0.2) is 15.6 Å². The summed E-state index contributed by atoms with van der Waals surface area (Å²) in [5.74, 6) is -0.180. The van der Waals surface area contributed by atoms with E-state index >= 15 is 0 Å². The van der Waals surface area contributed by atoms with Crippen molar-refractivity contribution in [1.82, 2.24) is 9.88 Å². The molecule has 31 heavy (non-hydrogen) atoms.